The van der Waals surface area contributed by atoms with Crippen LogP contribution in [0.1, 0.15) is 26.2 Å². The molecule has 0 bridgehead atoms. The van der Waals surface area contributed by atoms with E-state index >= 15 is 0 Å². The minimum absolute atomic E-state index is 0.122. The number of nitrogens with one attached hydrogen (secondary N) is 1. The highest BCUT2D eigenvalue weighted by Gasteiger charge is 2.31. The quantitative estimate of drug-likeness (QED) is 0.817. The molecule has 0 spiro atoms. The molecule has 1 saturated heterocycles. The van der Waals surface area contributed by atoms with Crippen molar-refractivity contribution in [1.82, 2.24) is 9.29 Å². The van der Waals surface area contributed by atoms with Crippen LogP contribution in [0.5, 0.6) is 0 Å². The number of piperidine rings is 1. The van der Waals surface area contributed by atoms with Crippen molar-refractivity contribution in [2.45, 2.75) is 26.2 Å². The summed E-state index contributed by atoms with van der Waals surface area (Å²) in [5, 5.41) is 4.88. The largest absolute Gasteiger partial charge is 0.326 e. The van der Waals surface area contributed by atoms with E-state index in [0.717, 1.165) is 11.3 Å². The number of hydrogen-bond donors (Lipinski definition) is 1. The summed E-state index contributed by atoms with van der Waals surface area (Å²) in [6, 6.07) is 7.54. The summed E-state index contributed by atoms with van der Waals surface area (Å²) >= 11 is 1.54. The molecule has 3 rings (SSSR count). The van der Waals surface area contributed by atoms with Gasteiger partial charge in [-0.15, -0.1) is 11.3 Å². The predicted octanol–water partition coefficient (Wildman–Crippen LogP) is 3.20. The van der Waals surface area contributed by atoms with E-state index in [1.54, 1.807) is 5.51 Å². The van der Waals surface area contributed by atoms with Crippen LogP contribution in [0.25, 0.3) is 11.3 Å². The van der Waals surface area contributed by atoms with Gasteiger partial charge in [0.15, 0.2) is 0 Å². The Morgan fingerprint density at radius 1 is 1.35 bits per heavy atom. The molecule has 0 saturated carbocycles. The normalized spacial score (nSPS) is 18.6. The molecule has 0 radical (unpaired) electrons. The first-order valence-corrected chi connectivity index (χ1v) is 11.3. The predicted molar refractivity (Wildman–Crippen MR) is 105 cm³/mol. The third kappa shape index (κ3) is 4.49. The highest BCUT2D eigenvalue weighted by Crippen LogP contribution is 2.24. The fourth-order valence-electron chi connectivity index (χ4n) is 3.12. The zero-order valence-corrected chi connectivity index (χ0v) is 16.4. The van der Waals surface area contributed by atoms with E-state index in [1.165, 1.54) is 15.6 Å². The smallest absolute Gasteiger partial charge is 0.228 e. The first-order chi connectivity index (χ1) is 12.5. The monoisotopic (exact) mass is 393 g/mol. The van der Waals surface area contributed by atoms with Crippen LogP contribution in [-0.2, 0) is 14.8 Å². The summed E-state index contributed by atoms with van der Waals surface area (Å²) < 4.78 is 26.0. The second kappa shape index (κ2) is 8.28. The standard InChI is InChI=1S/C18H23N3O3S2/c1-2-10-26(23,24)21-9-3-4-15(11-21)18(22)20-16-7-5-14(6-8-16)17-12-25-13-19-17/h5-8,12-13,15H,2-4,9-11H2,1H3,(H,20,22)/t15-/m0/s1. The molecule has 8 heteroatoms. The molecule has 1 aliphatic rings. The SMILES string of the molecule is CCCS(=O)(=O)N1CCC[C@H](C(=O)Nc2ccc(-c3cscn3)cc2)C1. The number of thiazole rings is 1. The highest BCUT2D eigenvalue weighted by molar-refractivity contribution is 7.89. The van der Waals surface area contributed by atoms with Gasteiger partial charge in [0.25, 0.3) is 0 Å². The number of carbonyl (C=O) groups is 1. The fourth-order valence-corrected chi connectivity index (χ4v) is 5.27. The Hall–Kier alpha value is -1.77. The molecule has 26 heavy (non-hydrogen) atoms. The van der Waals surface area contributed by atoms with Crippen LogP contribution in [0, 0.1) is 5.92 Å². The van der Waals surface area contributed by atoms with E-state index in [0.29, 0.717) is 31.5 Å². The van der Waals surface area contributed by atoms with Gasteiger partial charge in [-0.05, 0) is 31.4 Å². The van der Waals surface area contributed by atoms with Crippen molar-refractivity contribution in [3.05, 3.63) is 35.2 Å². The molecule has 1 aromatic heterocycles. The first-order valence-electron chi connectivity index (χ1n) is 8.77. The molecule has 1 amide bonds. The van der Waals surface area contributed by atoms with Crippen molar-refractivity contribution < 1.29 is 13.2 Å². The molecule has 6 nitrogen and oxygen atoms in total. The van der Waals surface area contributed by atoms with Crippen molar-refractivity contribution in [2.75, 3.05) is 24.2 Å². The average Bonchev–Trinajstić information content (AvgIpc) is 3.17. The van der Waals surface area contributed by atoms with E-state index in [2.05, 4.69) is 10.3 Å². The van der Waals surface area contributed by atoms with Gasteiger partial charge in [0.2, 0.25) is 15.9 Å². The van der Waals surface area contributed by atoms with Crippen LogP contribution in [0.4, 0.5) is 5.69 Å². The number of benzene rings is 1. The zero-order chi connectivity index (χ0) is 18.6. The Labute approximate surface area is 158 Å². The van der Waals surface area contributed by atoms with Crippen LogP contribution in [0.3, 0.4) is 0 Å². The molecule has 0 aliphatic carbocycles. The van der Waals surface area contributed by atoms with Crippen molar-refractivity contribution >= 4 is 33.0 Å². The van der Waals surface area contributed by atoms with Gasteiger partial charge in [-0.2, -0.15) is 0 Å². The van der Waals surface area contributed by atoms with Gasteiger partial charge in [0, 0.05) is 29.7 Å². The first kappa shape index (κ1) is 19.0. The second-order valence-corrected chi connectivity index (χ2v) is 9.26. The van der Waals surface area contributed by atoms with Gasteiger partial charge >= 0.3 is 0 Å². The van der Waals surface area contributed by atoms with E-state index in [1.807, 2.05) is 36.6 Å². The van der Waals surface area contributed by atoms with E-state index < -0.39 is 10.0 Å². The number of hydrogen-bond acceptors (Lipinski definition) is 5. The van der Waals surface area contributed by atoms with Gasteiger partial charge in [-0.25, -0.2) is 17.7 Å². The summed E-state index contributed by atoms with van der Waals surface area (Å²) in [6.07, 6.45) is 2.01. The Bertz CT molecular complexity index is 833. The lowest BCUT2D eigenvalue weighted by molar-refractivity contribution is -0.120. The lowest BCUT2D eigenvalue weighted by atomic mass is 9.98. The molecule has 1 aliphatic heterocycles. The maximum absolute atomic E-state index is 12.6. The Morgan fingerprint density at radius 3 is 2.77 bits per heavy atom. The van der Waals surface area contributed by atoms with Crippen LogP contribution in [0.2, 0.25) is 0 Å². The molecule has 2 heterocycles. The number of carbonyl (C=O) groups excluding carboxylic acids is 1. The molecule has 1 aromatic carbocycles. The topological polar surface area (TPSA) is 79.4 Å². The van der Waals surface area contributed by atoms with Crippen molar-refractivity contribution in [3.8, 4) is 11.3 Å². The fraction of sp³-hybridized carbons (Fsp3) is 0.444. The summed E-state index contributed by atoms with van der Waals surface area (Å²) in [7, 11) is -3.26. The zero-order valence-electron chi connectivity index (χ0n) is 14.7. The second-order valence-electron chi connectivity index (χ2n) is 6.45. The van der Waals surface area contributed by atoms with Gasteiger partial charge in [0.05, 0.1) is 22.9 Å². The molecule has 1 atom stereocenters. The van der Waals surface area contributed by atoms with Gasteiger partial charge in [0.1, 0.15) is 0 Å². The summed E-state index contributed by atoms with van der Waals surface area (Å²) in [4.78, 5) is 16.8. The van der Waals surface area contributed by atoms with Gasteiger partial charge in [-0.3, -0.25) is 4.79 Å². The lowest BCUT2D eigenvalue weighted by Gasteiger charge is -2.31. The third-order valence-electron chi connectivity index (χ3n) is 4.49. The highest BCUT2D eigenvalue weighted by atomic mass is 32.2. The molecule has 1 fully saturated rings. The number of amides is 1. The number of anilines is 1. The van der Waals surface area contributed by atoms with Crippen molar-refractivity contribution in [2.24, 2.45) is 5.92 Å². The number of sulfonamides is 1. The van der Waals surface area contributed by atoms with Crippen molar-refractivity contribution in [3.63, 3.8) is 0 Å². The molecule has 2 aromatic rings. The third-order valence-corrected chi connectivity index (χ3v) is 7.12. The Balaban J connectivity index is 1.62. The molecule has 0 unspecified atom stereocenters. The average molecular weight is 394 g/mol. The van der Waals surface area contributed by atoms with E-state index in [4.69, 9.17) is 0 Å². The van der Waals surface area contributed by atoms with E-state index in [-0.39, 0.29) is 24.1 Å². The molecular formula is C18H23N3O3S2. The Morgan fingerprint density at radius 2 is 2.12 bits per heavy atom. The van der Waals surface area contributed by atoms with Gasteiger partial charge < -0.3 is 5.32 Å². The van der Waals surface area contributed by atoms with Crippen LogP contribution < -0.4 is 5.32 Å². The molecular weight excluding hydrogens is 370 g/mol. The van der Waals surface area contributed by atoms with Crippen LogP contribution >= 0.6 is 11.3 Å². The van der Waals surface area contributed by atoms with Crippen LogP contribution in [0.15, 0.2) is 35.2 Å². The van der Waals surface area contributed by atoms with Crippen LogP contribution in [-0.4, -0.2) is 42.5 Å². The summed E-state index contributed by atoms with van der Waals surface area (Å²) in [5.41, 5.74) is 4.41. The molecule has 140 valence electrons. The van der Waals surface area contributed by atoms with Crippen molar-refractivity contribution in [1.29, 1.82) is 0 Å². The number of nitrogens with zero attached hydrogens (tertiary/aromatic N) is 2. The van der Waals surface area contributed by atoms with E-state index in [9.17, 15) is 13.2 Å². The lowest BCUT2D eigenvalue weighted by Crippen LogP contribution is -2.44. The van der Waals surface area contributed by atoms with Gasteiger partial charge in [-0.1, -0.05) is 19.1 Å². The Kier molecular flexibility index (Phi) is 6.05. The number of aromatic nitrogens is 1. The maximum atomic E-state index is 12.6. The maximum Gasteiger partial charge on any atom is 0.228 e. The minimum atomic E-state index is -3.26. The summed E-state index contributed by atoms with van der Waals surface area (Å²) in [5.74, 6) is -0.296. The number of rotatable bonds is 6. The minimum Gasteiger partial charge on any atom is -0.326 e. The summed E-state index contributed by atoms with van der Waals surface area (Å²) in [6.45, 7) is 2.63. The molecule has 1 N–H and O–H groups in total.